The molecule has 19 heavy (non-hydrogen) atoms. The summed E-state index contributed by atoms with van der Waals surface area (Å²) < 4.78 is 13.5. The van der Waals surface area contributed by atoms with Crippen LogP contribution in [0, 0.1) is 5.82 Å². The Kier molecular flexibility index (Phi) is 7.08. The Hall–Kier alpha value is -0.350. The van der Waals surface area contributed by atoms with Crippen LogP contribution in [-0.2, 0) is 0 Å². The number of nitrogens with one attached hydrogen (secondary N) is 1. The molecular formula is C14H21Cl2FN2. The van der Waals surface area contributed by atoms with Crippen LogP contribution < -0.4 is 5.32 Å². The van der Waals surface area contributed by atoms with E-state index in [1.807, 2.05) is 6.07 Å². The van der Waals surface area contributed by atoms with Crippen LogP contribution in [0.3, 0.4) is 0 Å². The van der Waals surface area contributed by atoms with E-state index >= 15 is 0 Å². The zero-order valence-corrected chi connectivity index (χ0v) is 12.7. The van der Waals surface area contributed by atoms with E-state index in [9.17, 15) is 4.39 Å². The average Bonchev–Trinajstić information content (AvgIpc) is 2.36. The van der Waals surface area contributed by atoms with E-state index in [0.29, 0.717) is 5.02 Å². The molecule has 5 heteroatoms. The smallest absolute Gasteiger partial charge is 0.125 e. The van der Waals surface area contributed by atoms with E-state index in [2.05, 4.69) is 17.1 Å². The Morgan fingerprint density at radius 1 is 1.32 bits per heavy atom. The molecule has 1 atom stereocenters. The second-order valence-electron chi connectivity index (χ2n) is 4.79. The highest BCUT2D eigenvalue weighted by molar-refractivity contribution is 6.30. The maximum absolute atomic E-state index is 13.5. The first-order valence-corrected chi connectivity index (χ1v) is 6.99. The molecule has 0 radical (unpaired) electrons. The van der Waals surface area contributed by atoms with E-state index in [1.165, 1.54) is 6.07 Å². The van der Waals surface area contributed by atoms with Crippen LogP contribution >= 0.6 is 24.0 Å². The number of benzene rings is 1. The molecule has 1 saturated heterocycles. The van der Waals surface area contributed by atoms with Gasteiger partial charge in [-0.1, -0.05) is 24.9 Å². The number of piperazine rings is 1. The lowest BCUT2D eigenvalue weighted by atomic mass is 10.00. The van der Waals surface area contributed by atoms with Crippen molar-refractivity contribution in [3.63, 3.8) is 0 Å². The van der Waals surface area contributed by atoms with Crippen molar-refractivity contribution in [1.82, 2.24) is 10.2 Å². The molecule has 0 amide bonds. The minimum Gasteiger partial charge on any atom is -0.314 e. The van der Waals surface area contributed by atoms with E-state index in [4.69, 9.17) is 11.6 Å². The SMILES string of the molecule is CCC[C@@H](c1cc(F)cc(Cl)c1)N1CCNCC1.Cl. The molecule has 1 aliphatic heterocycles. The number of hydrogen-bond donors (Lipinski definition) is 1. The Morgan fingerprint density at radius 3 is 2.58 bits per heavy atom. The molecule has 0 unspecified atom stereocenters. The van der Waals surface area contributed by atoms with Crippen LogP contribution in [0.25, 0.3) is 0 Å². The van der Waals surface area contributed by atoms with Gasteiger partial charge < -0.3 is 5.32 Å². The maximum Gasteiger partial charge on any atom is 0.125 e. The molecule has 0 aromatic heterocycles. The average molecular weight is 307 g/mol. The quantitative estimate of drug-likeness (QED) is 0.913. The molecule has 0 bridgehead atoms. The fraction of sp³-hybridized carbons (Fsp3) is 0.571. The fourth-order valence-corrected chi connectivity index (χ4v) is 2.83. The van der Waals surface area contributed by atoms with Crippen molar-refractivity contribution in [2.45, 2.75) is 25.8 Å². The lowest BCUT2D eigenvalue weighted by molar-refractivity contribution is 0.164. The number of rotatable bonds is 4. The second kappa shape index (κ2) is 8.05. The molecule has 0 saturated carbocycles. The highest BCUT2D eigenvalue weighted by Gasteiger charge is 2.22. The van der Waals surface area contributed by atoms with Gasteiger partial charge in [-0.15, -0.1) is 12.4 Å². The topological polar surface area (TPSA) is 15.3 Å². The van der Waals surface area contributed by atoms with Crippen molar-refractivity contribution < 1.29 is 4.39 Å². The molecule has 1 aromatic rings. The normalized spacial score (nSPS) is 17.8. The third kappa shape index (κ3) is 4.60. The Balaban J connectivity index is 0.00000180. The van der Waals surface area contributed by atoms with Gasteiger partial charge in [0.1, 0.15) is 5.82 Å². The third-order valence-corrected chi connectivity index (χ3v) is 3.64. The molecule has 1 N–H and O–H groups in total. The summed E-state index contributed by atoms with van der Waals surface area (Å²) in [6.07, 6.45) is 2.13. The highest BCUT2D eigenvalue weighted by Crippen LogP contribution is 2.28. The minimum absolute atomic E-state index is 0. The van der Waals surface area contributed by atoms with Gasteiger partial charge in [-0.2, -0.15) is 0 Å². The summed E-state index contributed by atoms with van der Waals surface area (Å²) in [4.78, 5) is 2.42. The summed E-state index contributed by atoms with van der Waals surface area (Å²) in [6.45, 7) is 6.19. The first kappa shape index (κ1) is 16.7. The summed E-state index contributed by atoms with van der Waals surface area (Å²) >= 11 is 5.96. The van der Waals surface area contributed by atoms with Gasteiger partial charge in [0.05, 0.1) is 0 Å². The van der Waals surface area contributed by atoms with Crippen LogP contribution in [0.4, 0.5) is 4.39 Å². The van der Waals surface area contributed by atoms with Crippen LogP contribution in [0.1, 0.15) is 31.4 Å². The molecule has 1 aromatic carbocycles. The van der Waals surface area contributed by atoms with Gasteiger partial charge in [-0.25, -0.2) is 4.39 Å². The van der Waals surface area contributed by atoms with Crippen molar-refractivity contribution in [2.75, 3.05) is 26.2 Å². The molecule has 0 aliphatic carbocycles. The summed E-state index contributed by atoms with van der Waals surface area (Å²) in [6, 6.07) is 5.16. The zero-order valence-electron chi connectivity index (χ0n) is 11.2. The molecule has 0 spiro atoms. The molecule has 1 heterocycles. The summed E-state index contributed by atoms with van der Waals surface area (Å²) in [5, 5.41) is 3.83. The van der Waals surface area contributed by atoms with E-state index < -0.39 is 0 Å². The number of hydrogen-bond acceptors (Lipinski definition) is 2. The van der Waals surface area contributed by atoms with Crippen molar-refractivity contribution in [2.24, 2.45) is 0 Å². The summed E-state index contributed by atoms with van der Waals surface area (Å²) in [7, 11) is 0. The van der Waals surface area contributed by atoms with Crippen molar-refractivity contribution in [1.29, 1.82) is 0 Å². The van der Waals surface area contributed by atoms with Gasteiger partial charge >= 0.3 is 0 Å². The zero-order chi connectivity index (χ0) is 13.0. The van der Waals surface area contributed by atoms with Crippen molar-refractivity contribution >= 4 is 24.0 Å². The van der Waals surface area contributed by atoms with Gasteiger partial charge in [-0.3, -0.25) is 4.90 Å². The fourth-order valence-electron chi connectivity index (χ4n) is 2.59. The minimum atomic E-state index is -0.242. The second-order valence-corrected chi connectivity index (χ2v) is 5.23. The first-order chi connectivity index (χ1) is 8.70. The van der Waals surface area contributed by atoms with E-state index in [-0.39, 0.29) is 24.3 Å². The highest BCUT2D eigenvalue weighted by atomic mass is 35.5. The van der Waals surface area contributed by atoms with Crippen molar-refractivity contribution in [3.05, 3.63) is 34.6 Å². The van der Waals surface area contributed by atoms with Gasteiger partial charge in [0.2, 0.25) is 0 Å². The van der Waals surface area contributed by atoms with Crippen LogP contribution in [0.2, 0.25) is 5.02 Å². The first-order valence-electron chi connectivity index (χ1n) is 6.61. The molecular weight excluding hydrogens is 286 g/mol. The van der Waals surface area contributed by atoms with E-state index in [0.717, 1.165) is 44.6 Å². The van der Waals surface area contributed by atoms with Gasteiger partial charge in [0, 0.05) is 37.2 Å². The van der Waals surface area contributed by atoms with Gasteiger partial charge in [0.15, 0.2) is 0 Å². The Labute approximate surface area is 125 Å². The predicted molar refractivity (Wildman–Crippen MR) is 80.7 cm³/mol. The standard InChI is InChI=1S/C14H20ClFN2.ClH/c1-2-3-14(18-6-4-17-5-7-18)11-8-12(15)10-13(16)9-11;/h8-10,14,17H,2-7H2,1H3;1H/t14-;/m0./s1. The van der Waals surface area contributed by atoms with Gasteiger partial charge in [0.25, 0.3) is 0 Å². The van der Waals surface area contributed by atoms with Crippen molar-refractivity contribution in [3.8, 4) is 0 Å². The monoisotopic (exact) mass is 306 g/mol. The molecule has 2 rings (SSSR count). The van der Waals surface area contributed by atoms with E-state index in [1.54, 1.807) is 6.07 Å². The van der Waals surface area contributed by atoms with Gasteiger partial charge in [-0.05, 0) is 30.2 Å². The molecule has 108 valence electrons. The lowest BCUT2D eigenvalue weighted by Crippen LogP contribution is -2.45. The molecule has 1 fully saturated rings. The number of halogens is 3. The molecule has 1 aliphatic rings. The van der Waals surface area contributed by atoms with Crippen LogP contribution in [0.5, 0.6) is 0 Å². The largest absolute Gasteiger partial charge is 0.314 e. The number of nitrogens with zero attached hydrogens (tertiary/aromatic N) is 1. The summed E-state index contributed by atoms with van der Waals surface area (Å²) in [5.74, 6) is -0.242. The third-order valence-electron chi connectivity index (χ3n) is 3.42. The van der Waals surface area contributed by atoms with Crippen LogP contribution in [0.15, 0.2) is 18.2 Å². The summed E-state index contributed by atoms with van der Waals surface area (Å²) in [5.41, 5.74) is 1.00. The molecule has 2 nitrogen and oxygen atoms in total. The predicted octanol–water partition coefficient (Wildman–Crippen LogP) is 3.65. The van der Waals surface area contributed by atoms with Crippen LogP contribution in [-0.4, -0.2) is 31.1 Å². The Bertz CT molecular complexity index is 375. The lowest BCUT2D eigenvalue weighted by Gasteiger charge is -2.35. The maximum atomic E-state index is 13.5. The Morgan fingerprint density at radius 2 is 2.00 bits per heavy atom.